The predicted octanol–water partition coefficient (Wildman–Crippen LogP) is 2.87. The molecule has 1 aromatic rings. The standard InChI is InChI=1S/C12H16FNO/c1-4-7-14(3)12-6-5-10(13)8-11(12)9(2)15/h5-6,8H,4,7H2,1-3H3. The van der Waals surface area contributed by atoms with Gasteiger partial charge in [-0.1, -0.05) is 6.92 Å². The fraction of sp³-hybridized carbons (Fsp3) is 0.417. The summed E-state index contributed by atoms with van der Waals surface area (Å²) < 4.78 is 13.0. The highest BCUT2D eigenvalue weighted by molar-refractivity contribution is 5.99. The number of halogens is 1. The molecule has 82 valence electrons. The second kappa shape index (κ2) is 4.91. The third-order valence-corrected chi connectivity index (χ3v) is 2.31. The molecule has 3 heteroatoms. The van der Waals surface area contributed by atoms with Crippen molar-refractivity contribution in [3.63, 3.8) is 0 Å². The highest BCUT2D eigenvalue weighted by Gasteiger charge is 2.11. The van der Waals surface area contributed by atoms with Gasteiger partial charge in [0.25, 0.3) is 0 Å². The quantitative estimate of drug-likeness (QED) is 0.711. The maximum absolute atomic E-state index is 13.0. The Kier molecular flexibility index (Phi) is 3.83. The molecular formula is C12H16FNO. The zero-order valence-electron chi connectivity index (χ0n) is 9.38. The maximum Gasteiger partial charge on any atom is 0.161 e. The van der Waals surface area contributed by atoms with Crippen LogP contribution in [0.5, 0.6) is 0 Å². The van der Waals surface area contributed by atoms with Crippen LogP contribution in [0.2, 0.25) is 0 Å². The molecule has 0 N–H and O–H groups in total. The number of hydrogen-bond donors (Lipinski definition) is 0. The number of rotatable bonds is 4. The number of carbonyl (C=O) groups excluding carboxylic acids is 1. The molecule has 0 saturated carbocycles. The van der Waals surface area contributed by atoms with Crippen LogP contribution >= 0.6 is 0 Å². The molecule has 0 heterocycles. The van der Waals surface area contributed by atoms with Gasteiger partial charge in [0.2, 0.25) is 0 Å². The van der Waals surface area contributed by atoms with Crippen molar-refractivity contribution in [1.82, 2.24) is 0 Å². The van der Waals surface area contributed by atoms with Crippen molar-refractivity contribution in [3.05, 3.63) is 29.6 Å². The molecule has 2 nitrogen and oxygen atoms in total. The number of hydrogen-bond acceptors (Lipinski definition) is 2. The monoisotopic (exact) mass is 209 g/mol. The van der Waals surface area contributed by atoms with Gasteiger partial charge >= 0.3 is 0 Å². The van der Waals surface area contributed by atoms with E-state index < -0.39 is 0 Å². The largest absolute Gasteiger partial charge is 0.374 e. The molecular weight excluding hydrogens is 193 g/mol. The Morgan fingerprint density at radius 2 is 2.13 bits per heavy atom. The molecule has 0 amide bonds. The molecule has 0 aliphatic rings. The van der Waals surface area contributed by atoms with Crippen LogP contribution in [0.1, 0.15) is 30.6 Å². The van der Waals surface area contributed by atoms with Crippen molar-refractivity contribution in [2.45, 2.75) is 20.3 Å². The third kappa shape index (κ3) is 2.78. The van der Waals surface area contributed by atoms with Crippen molar-refractivity contribution in [2.24, 2.45) is 0 Å². The SMILES string of the molecule is CCCN(C)c1ccc(F)cc1C(C)=O. The number of carbonyl (C=O) groups is 1. The highest BCUT2D eigenvalue weighted by atomic mass is 19.1. The van der Waals surface area contributed by atoms with Crippen molar-refractivity contribution in [2.75, 3.05) is 18.5 Å². The fourth-order valence-corrected chi connectivity index (χ4v) is 1.58. The van der Waals surface area contributed by atoms with Crippen LogP contribution in [0, 0.1) is 5.82 Å². The Labute approximate surface area is 89.7 Å². The van der Waals surface area contributed by atoms with Gasteiger partial charge in [-0.05, 0) is 31.5 Å². The Hall–Kier alpha value is -1.38. The molecule has 0 aliphatic carbocycles. The van der Waals surface area contributed by atoms with Crippen molar-refractivity contribution in [3.8, 4) is 0 Å². The minimum absolute atomic E-state index is 0.104. The van der Waals surface area contributed by atoms with Gasteiger partial charge < -0.3 is 4.90 Å². The van der Waals surface area contributed by atoms with E-state index in [1.165, 1.54) is 19.1 Å². The molecule has 0 radical (unpaired) electrons. The zero-order chi connectivity index (χ0) is 11.4. The molecule has 0 saturated heterocycles. The summed E-state index contributed by atoms with van der Waals surface area (Å²) in [5.74, 6) is -0.471. The van der Waals surface area contributed by atoms with E-state index in [1.54, 1.807) is 6.07 Å². The molecule has 0 aliphatic heterocycles. The first-order valence-electron chi connectivity index (χ1n) is 5.08. The second-order valence-corrected chi connectivity index (χ2v) is 3.64. The van der Waals surface area contributed by atoms with E-state index in [0.29, 0.717) is 5.56 Å². The van der Waals surface area contributed by atoms with Crippen LogP contribution in [0.25, 0.3) is 0 Å². The average molecular weight is 209 g/mol. The highest BCUT2D eigenvalue weighted by Crippen LogP contribution is 2.21. The van der Waals surface area contributed by atoms with E-state index in [4.69, 9.17) is 0 Å². The Morgan fingerprint density at radius 3 is 2.67 bits per heavy atom. The zero-order valence-corrected chi connectivity index (χ0v) is 9.38. The van der Waals surface area contributed by atoms with Gasteiger partial charge in [0.1, 0.15) is 5.82 Å². The fourth-order valence-electron chi connectivity index (χ4n) is 1.58. The normalized spacial score (nSPS) is 10.1. The lowest BCUT2D eigenvalue weighted by atomic mass is 10.1. The van der Waals surface area contributed by atoms with Crippen LogP contribution in [0.15, 0.2) is 18.2 Å². The lowest BCUT2D eigenvalue weighted by Crippen LogP contribution is -2.20. The summed E-state index contributed by atoms with van der Waals surface area (Å²) in [5.41, 5.74) is 1.25. The van der Waals surface area contributed by atoms with Gasteiger partial charge in [0, 0.05) is 24.8 Å². The average Bonchev–Trinajstić information content (AvgIpc) is 2.17. The molecule has 1 aromatic carbocycles. The molecule has 0 aromatic heterocycles. The number of Topliss-reactive ketones (excluding diaryl/α,β-unsaturated/α-hetero) is 1. The van der Waals surface area contributed by atoms with Gasteiger partial charge in [-0.15, -0.1) is 0 Å². The molecule has 0 atom stereocenters. The van der Waals surface area contributed by atoms with Crippen LogP contribution < -0.4 is 4.90 Å². The third-order valence-electron chi connectivity index (χ3n) is 2.31. The summed E-state index contributed by atoms with van der Waals surface area (Å²) in [6.45, 7) is 4.37. The van der Waals surface area contributed by atoms with E-state index >= 15 is 0 Å². The maximum atomic E-state index is 13.0. The van der Waals surface area contributed by atoms with Crippen molar-refractivity contribution >= 4 is 11.5 Å². The van der Waals surface area contributed by atoms with Crippen LogP contribution in [0.4, 0.5) is 10.1 Å². The van der Waals surface area contributed by atoms with Gasteiger partial charge in [-0.3, -0.25) is 4.79 Å². The summed E-state index contributed by atoms with van der Waals surface area (Å²) >= 11 is 0. The summed E-state index contributed by atoms with van der Waals surface area (Å²) in [6.07, 6.45) is 0.991. The first kappa shape index (κ1) is 11.7. The van der Waals surface area contributed by atoms with Crippen molar-refractivity contribution < 1.29 is 9.18 Å². The Bertz CT molecular complexity index is 363. The van der Waals surface area contributed by atoms with E-state index in [0.717, 1.165) is 18.7 Å². The first-order chi connectivity index (χ1) is 7.06. The summed E-state index contributed by atoms with van der Waals surface area (Å²) in [4.78, 5) is 13.3. The van der Waals surface area contributed by atoms with Gasteiger partial charge in [0.15, 0.2) is 5.78 Å². The smallest absolute Gasteiger partial charge is 0.161 e. The van der Waals surface area contributed by atoms with E-state index in [9.17, 15) is 9.18 Å². The molecule has 0 fully saturated rings. The number of ketones is 1. The lowest BCUT2D eigenvalue weighted by Gasteiger charge is -2.20. The molecule has 0 spiro atoms. The molecule has 1 rings (SSSR count). The minimum atomic E-state index is -0.367. The van der Waals surface area contributed by atoms with Crippen LogP contribution in [0.3, 0.4) is 0 Å². The number of anilines is 1. The molecule has 15 heavy (non-hydrogen) atoms. The minimum Gasteiger partial charge on any atom is -0.374 e. The van der Waals surface area contributed by atoms with Crippen LogP contribution in [-0.4, -0.2) is 19.4 Å². The summed E-state index contributed by atoms with van der Waals surface area (Å²) in [6, 6.07) is 4.33. The number of benzene rings is 1. The van der Waals surface area contributed by atoms with Crippen LogP contribution in [-0.2, 0) is 0 Å². The topological polar surface area (TPSA) is 20.3 Å². The predicted molar refractivity (Wildman–Crippen MR) is 60.0 cm³/mol. The first-order valence-corrected chi connectivity index (χ1v) is 5.08. The van der Waals surface area contributed by atoms with E-state index in [-0.39, 0.29) is 11.6 Å². The van der Waals surface area contributed by atoms with Gasteiger partial charge in [-0.25, -0.2) is 4.39 Å². The second-order valence-electron chi connectivity index (χ2n) is 3.64. The molecule has 0 bridgehead atoms. The van der Waals surface area contributed by atoms with E-state index in [1.807, 2.05) is 11.9 Å². The summed E-state index contributed by atoms with van der Waals surface area (Å²) in [7, 11) is 1.91. The Balaban J connectivity index is 3.10. The Morgan fingerprint density at radius 1 is 1.47 bits per heavy atom. The molecule has 0 unspecified atom stereocenters. The van der Waals surface area contributed by atoms with Gasteiger partial charge in [-0.2, -0.15) is 0 Å². The van der Waals surface area contributed by atoms with E-state index in [2.05, 4.69) is 6.92 Å². The number of nitrogens with zero attached hydrogens (tertiary/aromatic N) is 1. The lowest BCUT2D eigenvalue weighted by molar-refractivity contribution is 0.101. The van der Waals surface area contributed by atoms with Gasteiger partial charge in [0.05, 0.1) is 0 Å². The van der Waals surface area contributed by atoms with Crippen molar-refractivity contribution in [1.29, 1.82) is 0 Å². The summed E-state index contributed by atoms with van der Waals surface area (Å²) in [5, 5.41) is 0.